The number of aryl methyl sites for hydroxylation is 2. The molecule has 7 nitrogen and oxygen atoms in total. The molecule has 0 bridgehead atoms. The molecule has 1 fully saturated rings. The van der Waals surface area contributed by atoms with Crippen molar-refractivity contribution in [1.82, 2.24) is 15.6 Å². The number of rotatable bonds is 6. The molecule has 2 heterocycles. The van der Waals surface area contributed by atoms with Crippen LogP contribution in [0.15, 0.2) is 42.5 Å². The van der Waals surface area contributed by atoms with Crippen LogP contribution in [0.2, 0.25) is 5.02 Å². The number of fused-ring (bicyclic) bond motifs is 1. The first-order valence-corrected chi connectivity index (χ1v) is 11.2. The lowest BCUT2D eigenvalue weighted by molar-refractivity contribution is -0.134. The van der Waals surface area contributed by atoms with Crippen LogP contribution in [0.1, 0.15) is 41.1 Å². The lowest BCUT2D eigenvalue weighted by Crippen LogP contribution is -2.39. The van der Waals surface area contributed by atoms with Crippen LogP contribution in [-0.4, -0.2) is 29.3 Å². The van der Waals surface area contributed by atoms with Gasteiger partial charge in [0.2, 0.25) is 17.7 Å². The van der Waals surface area contributed by atoms with Gasteiger partial charge in [0.1, 0.15) is 0 Å². The average Bonchev–Trinajstić information content (AvgIpc) is 2.78. The van der Waals surface area contributed by atoms with E-state index in [1.165, 1.54) is 0 Å². The first-order valence-electron chi connectivity index (χ1n) is 10.8. The number of carbonyl (C=O) groups is 3. The van der Waals surface area contributed by atoms with Gasteiger partial charge in [0.25, 0.3) is 0 Å². The third-order valence-corrected chi connectivity index (χ3v) is 6.25. The second-order valence-electron chi connectivity index (χ2n) is 8.29. The second kappa shape index (κ2) is 9.58. The smallest absolute Gasteiger partial charge is 0.239 e. The van der Waals surface area contributed by atoms with Crippen LogP contribution in [-0.2, 0) is 20.9 Å². The van der Waals surface area contributed by atoms with Gasteiger partial charge in [0.05, 0.1) is 18.0 Å². The number of anilines is 1. The van der Waals surface area contributed by atoms with E-state index in [9.17, 15) is 14.4 Å². The molecule has 1 unspecified atom stereocenters. The first kappa shape index (κ1) is 22.7. The Kier molecular flexibility index (Phi) is 6.60. The molecule has 0 saturated carbocycles. The van der Waals surface area contributed by atoms with Gasteiger partial charge in [0.15, 0.2) is 0 Å². The molecule has 4 rings (SSSR count). The minimum absolute atomic E-state index is 0.132. The Balaban J connectivity index is 1.42. The second-order valence-corrected chi connectivity index (χ2v) is 8.70. The van der Waals surface area contributed by atoms with Gasteiger partial charge in [-0.25, -0.2) is 0 Å². The highest BCUT2D eigenvalue weighted by atomic mass is 35.5. The molecule has 3 aromatic rings. The number of imide groups is 1. The summed E-state index contributed by atoms with van der Waals surface area (Å²) >= 11 is 6.12. The third-order valence-electron chi connectivity index (χ3n) is 5.84. The number of amides is 3. The normalized spacial score (nSPS) is 15.9. The van der Waals surface area contributed by atoms with Crippen molar-refractivity contribution >= 4 is 45.9 Å². The highest BCUT2D eigenvalue weighted by molar-refractivity contribution is 6.31. The summed E-state index contributed by atoms with van der Waals surface area (Å²) in [6.45, 7) is 4.30. The quantitative estimate of drug-likeness (QED) is 0.482. The van der Waals surface area contributed by atoms with Crippen molar-refractivity contribution < 1.29 is 14.4 Å². The van der Waals surface area contributed by atoms with Crippen molar-refractivity contribution in [3.8, 4) is 0 Å². The summed E-state index contributed by atoms with van der Waals surface area (Å²) in [4.78, 5) is 40.7. The van der Waals surface area contributed by atoms with E-state index in [4.69, 9.17) is 11.6 Å². The third kappa shape index (κ3) is 5.31. The van der Waals surface area contributed by atoms with Crippen LogP contribution in [0.4, 0.5) is 5.69 Å². The van der Waals surface area contributed by atoms with Crippen molar-refractivity contribution in [2.24, 2.45) is 0 Å². The lowest BCUT2D eigenvalue weighted by atomic mass is 9.88. The molecular weight excluding hydrogens is 440 g/mol. The zero-order valence-electron chi connectivity index (χ0n) is 18.5. The number of halogens is 1. The number of nitrogens with zero attached hydrogens (tertiary/aromatic N) is 1. The van der Waals surface area contributed by atoms with E-state index >= 15 is 0 Å². The largest absolute Gasteiger partial charge is 0.376 e. The van der Waals surface area contributed by atoms with Gasteiger partial charge < -0.3 is 10.6 Å². The predicted molar refractivity (Wildman–Crippen MR) is 128 cm³/mol. The van der Waals surface area contributed by atoms with Crippen LogP contribution in [0, 0.1) is 13.8 Å². The lowest BCUT2D eigenvalue weighted by Gasteiger charge is -2.22. The van der Waals surface area contributed by atoms with Crippen molar-refractivity contribution in [3.63, 3.8) is 0 Å². The summed E-state index contributed by atoms with van der Waals surface area (Å²) in [5.41, 5.74) is 5.11. The first-order chi connectivity index (χ1) is 15.8. The van der Waals surface area contributed by atoms with Gasteiger partial charge in [-0.05, 0) is 67.3 Å². The topological polar surface area (TPSA) is 100 Å². The maximum absolute atomic E-state index is 12.3. The molecule has 3 N–H and O–H groups in total. The molecule has 1 aliphatic heterocycles. The van der Waals surface area contributed by atoms with Crippen LogP contribution in [0.5, 0.6) is 0 Å². The predicted octanol–water partition coefficient (Wildman–Crippen LogP) is 3.75. The van der Waals surface area contributed by atoms with Crippen LogP contribution >= 0.6 is 11.6 Å². The van der Waals surface area contributed by atoms with E-state index in [1.54, 1.807) is 6.07 Å². The maximum Gasteiger partial charge on any atom is 0.239 e. The Labute approximate surface area is 196 Å². The standard InChI is InChI=1S/C25H25ClN4O3/c1-14-3-5-18(11-21(14)26)27-13-24(32)28-12-16-4-7-22-17(9-16)10-20(15(2)29-22)19-6-8-23(31)30-25(19)33/h3-5,7,9-11,19,27H,6,8,12-13H2,1-2H3,(H,28,32)(H,30,31,33). The molecule has 3 amide bonds. The van der Waals surface area contributed by atoms with E-state index in [2.05, 4.69) is 20.9 Å². The summed E-state index contributed by atoms with van der Waals surface area (Å²) in [6, 6.07) is 13.3. The van der Waals surface area contributed by atoms with Gasteiger partial charge in [-0.3, -0.25) is 24.7 Å². The fourth-order valence-corrected chi connectivity index (χ4v) is 4.12. The van der Waals surface area contributed by atoms with Crippen molar-refractivity contribution in [1.29, 1.82) is 0 Å². The molecule has 33 heavy (non-hydrogen) atoms. The molecule has 1 aliphatic rings. The number of benzene rings is 2. The van der Waals surface area contributed by atoms with E-state index in [1.807, 2.05) is 50.2 Å². The minimum Gasteiger partial charge on any atom is -0.376 e. The van der Waals surface area contributed by atoms with Gasteiger partial charge in [-0.1, -0.05) is 23.7 Å². The summed E-state index contributed by atoms with van der Waals surface area (Å²) in [5.74, 6) is -1.04. The SMILES string of the molecule is Cc1ccc(NCC(=O)NCc2ccc3nc(C)c(C4CCC(=O)NC4=O)cc3c2)cc1Cl. The highest BCUT2D eigenvalue weighted by Gasteiger charge is 2.29. The van der Waals surface area contributed by atoms with E-state index in [0.717, 1.165) is 39.0 Å². The summed E-state index contributed by atoms with van der Waals surface area (Å²) in [6.07, 6.45) is 0.802. The van der Waals surface area contributed by atoms with E-state index in [0.29, 0.717) is 24.4 Å². The highest BCUT2D eigenvalue weighted by Crippen LogP contribution is 2.29. The molecule has 1 saturated heterocycles. The summed E-state index contributed by atoms with van der Waals surface area (Å²) in [7, 11) is 0. The average molecular weight is 465 g/mol. The van der Waals surface area contributed by atoms with Crippen molar-refractivity contribution in [2.75, 3.05) is 11.9 Å². The number of nitrogens with one attached hydrogen (secondary N) is 3. The monoisotopic (exact) mass is 464 g/mol. The Morgan fingerprint density at radius 2 is 1.97 bits per heavy atom. The minimum atomic E-state index is -0.385. The molecule has 170 valence electrons. The Morgan fingerprint density at radius 1 is 1.15 bits per heavy atom. The zero-order valence-corrected chi connectivity index (χ0v) is 19.3. The van der Waals surface area contributed by atoms with Crippen LogP contribution in [0.3, 0.4) is 0 Å². The maximum atomic E-state index is 12.3. The number of piperidine rings is 1. The fraction of sp³-hybridized carbons (Fsp3) is 0.280. The number of hydrogen-bond donors (Lipinski definition) is 3. The number of carbonyl (C=O) groups excluding carboxylic acids is 3. The van der Waals surface area contributed by atoms with Crippen molar-refractivity contribution in [2.45, 2.75) is 39.2 Å². The number of aromatic nitrogens is 1. The molecule has 1 atom stereocenters. The number of pyridine rings is 1. The molecular formula is C25H25ClN4O3. The van der Waals surface area contributed by atoms with E-state index < -0.39 is 0 Å². The Morgan fingerprint density at radius 3 is 2.73 bits per heavy atom. The summed E-state index contributed by atoms with van der Waals surface area (Å²) < 4.78 is 0. The molecule has 0 spiro atoms. The molecule has 0 aliphatic carbocycles. The fourth-order valence-electron chi connectivity index (χ4n) is 3.94. The molecule has 0 radical (unpaired) electrons. The number of hydrogen-bond acceptors (Lipinski definition) is 5. The molecule has 2 aromatic carbocycles. The summed E-state index contributed by atoms with van der Waals surface area (Å²) in [5, 5.41) is 9.92. The molecule has 8 heteroatoms. The molecule has 1 aromatic heterocycles. The van der Waals surface area contributed by atoms with Crippen molar-refractivity contribution in [3.05, 3.63) is 69.9 Å². The van der Waals surface area contributed by atoms with Gasteiger partial charge in [-0.2, -0.15) is 0 Å². The van der Waals surface area contributed by atoms with Crippen LogP contribution < -0.4 is 16.0 Å². The zero-order chi connectivity index (χ0) is 23.5. The van der Waals surface area contributed by atoms with Gasteiger partial charge >= 0.3 is 0 Å². The van der Waals surface area contributed by atoms with Gasteiger partial charge in [-0.15, -0.1) is 0 Å². The Hall–Kier alpha value is -3.45. The van der Waals surface area contributed by atoms with Crippen LogP contribution in [0.25, 0.3) is 10.9 Å². The van der Waals surface area contributed by atoms with E-state index in [-0.39, 0.29) is 30.2 Å². The Bertz CT molecular complexity index is 1260. The van der Waals surface area contributed by atoms with Gasteiger partial charge in [0, 0.05) is 34.8 Å².